The molecular weight excluding hydrogens is 380 g/mol. The van der Waals surface area contributed by atoms with Crippen LogP contribution in [0, 0.1) is 0 Å². The summed E-state index contributed by atoms with van der Waals surface area (Å²) in [5.74, 6) is -0.550. The zero-order valence-corrected chi connectivity index (χ0v) is 15.9. The molecular formula is C24H16N2O4. The highest BCUT2D eigenvalue weighted by molar-refractivity contribution is 6.21. The molecule has 0 unspecified atom stereocenters. The van der Waals surface area contributed by atoms with Gasteiger partial charge in [0.15, 0.2) is 0 Å². The van der Waals surface area contributed by atoms with Gasteiger partial charge in [0.2, 0.25) is 5.89 Å². The van der Waals surface area contributed by atoms with E-state index in [0.29, 0.717) is 40.6 Å². The zero-order valence-electron chi connectivity index (χ0n) is 15.9. The van der Waals surface area contributed by atoms with Gasteiger partial charge in [-0.1, -0.05) is 42.5 Å². The molecule has 0 aliphatic carbocycles. The number of carbonyl (C=O) groups excluding carboxylic acids is 2. The molecule has 30 heavy (non-hydrogen) atoms. The van der Waals surface area contributed by atoms with Gasteiger partial charge < -0.3 is 4.42 Å². The molecule has 0 bridgehead atoms. The molecule has 3 aromatic carbocycles. The van der Waals surface area contributed by atoms with Gasteiger partial charge in [-0.05, 0) is 42.3 Å². The Hall–Kier alpha value is -4.06. The molecule has 146 valence electrons. The van der Waals surface area contributed by atoms with E-state index in [4.69, 9.17) is 4.42 Å². The van der Waals surface area contributed by atoms with Gasteiger partial charge in [0.1, 0.15) is 0 Å². The third-order valence-corrected chi connectivity index (χ3v) is 5.22. The van der Waals surface area contributed by atoms with Crippen molar-refractivity contribution in [3.8, 4) is 11.5 Å². The first kappa shape index (κ1) is 18.0. The monoisotopic (exact) mass is 396 g/mol. The Labute approximate surface area is 171 Å². The van der Waals surface area contributed by atoms with Gasteiger partial charge in [-0.2, -0.15) is 0 Å². The standard InChI is InChI=1S/C24H16N2O4/c27-22-17-11-10-16(21-25-20-9-5-4-8-18(20)24(29)30-21)14-19(17)23(28)26(22)13-12-15-6-2-1-3-7-15/h1-11,14H,12-13H2. The molecule has 6 nitrogen and oxygen atoms in total. The molecule has 2 heterocycles. The Morgan fingerprint density at radius 3 is 2.37 bits per heavy atom. The molecule has 0 fully saturated rings. The molecule has 0 radical (unpaired) electrons. The second kappa shape index (κ2) is 7.08. The predicted molar refractivity (Wildman–Crippen MR) is 111 cm³/mol. The summed E-state index contributed by atoms with van der Waals surface area (Å²) < 4.78 is 5.35. The first-order valence-corrected chi connectivity index (χ1v) is 9.56. The Morgan fingerprint density at radius 2 is 1.53 bits per heavy atom. The molecule has 0 saturated heterocycles. The average molecular weight is 396 g/mol. The number of hydrogen-bond acceptors (Lipinski definition) is 5. The number of rotatable bonds is 4. The lowest BCUT2D eigenvalue weighted by Gasteiger charge is -2.13. The summed E-state index contributed by atoms with van der Waals surface area (Å²) in [6.45, 7) is 0.301. The van der Waals surface area contributed by atoms with Crippen LogP contribution >= 0.6 is 0 Å². The lowest BCUT2D eigenvalue weighted by Crippen LogP contribution is -2.31. The molecule has 1 aromatic heterocycles. The second-order valence-electron chi connectivity index (χ2n) is 7.08. The first-order valence-electron chi connectivity index (χ1n) is 9.56. The van der Waals surface area contributed by atoms with E-state index in [1.54, 1.807) is 42.5 Å². The van der Waals surface area contributed by atoms with Gasteiger partial charge in [0, 0.05) is 12.1 Å². The quantitative estimate of drug-likeness (QED) is 0.492. The number of hydrogen-bond donors (Lipinski definition) is 0. The highest BCUT2D eigenvalue weighted by Gasteiger charge is 2.35. The van der Waals surface area contributed by atoms with Gasteiger partial charge in [0.25, 0.3) is 11.8 Å². The summed E-state index contributed by atoms with van der Waals surface area (Å²) in [7, 11) is 0. The van der Waals surface area contributed by atoms with Crippen molar-refractivity contribution in [3.63, 3.8) is 0 Å². The number of aromatic nitrogens is 1. The largest absolute Gasteiger partial charge is 0.403 e. The van der Waals surface area contributed by atoms with E-state index in [0.717, 1.165) is 5.56 Å². The summed E-state index contributed by atoms with van der Waals surface area (Å²) in [6.07, 6.45) is 0.584. The second-order valence-corrected chi connectivity index (χ2v) is 7.08. The van der Waals surface area contributed by atoms with E-state index in [1.165, 1.54) is 4.90 Å². The Kier molecular flexibility index (Phi) is 4.25. The van der Waals surface area contributed by atoms with Crippen LogP contribution in [0.4, 0.5) is 0 Å². The molecule has 2 amide bonds. The lowest BCUT2D eigenvalue weighted by atomic mass is 10.1. The Morgan fingerprint density at radius 1 is 0.800 bits per heavy atom. The molecule has 0 atom stereocenters. The number of carbonyl (C=O) groups is 2. The topological polar surface area (TPSA) is 80.5 Å². The van der Waals surface area contributed by atoms with Gasteiger partial charge in [-0.25, -0.2) is 9.78 Å². The lowest BCUT2D eigenvalue weighted by molar-refractivity contribution is 0.0656. The fraction of sp³-hybridized carbons (Fsp3) is 0.0833. The maximum atomic E-state index is 12.9. The SMILES string of the molecule is O=C1c2ccc(-c3nc4ccccc4c(=O)o3)cc2C(=O)N1CCc1ccccc1. The van der Waals surface area contributed by atoms with Crippen molar-refractivity contribution in [3.05, 3.63) is 99.9 Å². The van der Waals surface area contributed by atoms with Crippen molar-refractivity contribution in [2.75, 3.05) is 6.54 Å². The maximum absolute atomic E-state index is 12.9. The van der Waals surface area contributed by atoms with Crippen molar-refractivity contribution in [2.24, 2.45) is 0 Å². The summed E-state index contributed by atoms with van der Waals surface area (Å²) in [5.41, 5.74) is 2.18. The number of fused-ring (bicyclic) bond motifs is 2. The maximum Gasteiger partial charge on any atom is 0.347 e. The number of nitrogens with zero attached hydrogens (tertiary/aromatic N) is 2. The molecule has 5 rings (SSSR count). The van der Waals surface area contributed by atoms with Gasteiger partial charge in [0.05, 0.1) is 22.0 Å². The molecule has 4 aromatic rings. The Bertz CT molecular complexity index is 1360. The third-order valence-electron chi connectivity index (χ3n) is 5.22. The van der Waals surface area contributed by atoms with Crippen molar-refractivity contribution < 1.29 is 14.0 Å². The van der Waals surface area contributed by atoms with E-state index in [2.05, 4.69) is 4.98 Å². The highest BCUT2D eigenvalue weighted by Crippen LogP contribution is 2.28. The highest BCUT2D eigenvalue weighted by atomic mass is 16.4. The first-order chi connectivity index (χ1) is 14.6. The molecule has 6 heteroatoms. The molecule has 0 saturated carbocycles. The minimum Gasteiger partial charge on any atom is -0.403 e. The average Bonchev–Trinajstić information content (AvgIpc) is 3.02. The van der Waals surface area contributed by atoms with Crippen molar-refractivity contribution >= 4 is 22.7 Å². The van der Waals surface area contributed by atoms with Crippen LogP contribution in [0.25, 0.3) is 22.4 Å². The van der Waals surface area contributed by atoms with Crippen LogP contribution in [-0.4, -0.2) is 28.2 Å². The van der Waals surface area contributed by atoms with Crippen LogP contribution in [0.1, 0.15) is 26.3 Å². The van der Waals surface area contributed by atoms with Gasteiger partial charge >= 0.3 is 5.63 Å². The van der Waals surface area contributed by atoms with E-state index < -0.39 is 5.63 Å². The van der Waals surface area contributed by atoms with E-state index in [-0.39, 0.29) is 17.7 Å². The smallest absolute Gasteiger partial charge is 0.347 e. The normalized spacial score (nSPS) is 13.1. The Balaban J connectivity index is 1.47. The van der Waals surface area contributed by atoms with Crippen LogP contribution in [0.2, 0.25) is 0 Å². The number of benzene rings is 3. The fourth-order valence-electron chi connectivity index (χ4n) is 3.65. The van der Waals surface area contributed by atoms with E-state index >= 15 is 0 Å². The molecule has 0 spiro atoms. The summed E-state index contributed by atoms with van der Waals surface area (Å²) >= 11 is 0. The third kappa shape index (κ3) is 2.99. The van der Waals surface area contributed by atoms with Crippen molar-refractivity contribution in [1.29, 1.82) is 0 Å². The van der Waals surface area contributed by atoms with Crippen LogP contribution < -0.4 is 5.63 Å². The number of amides is 2. The van der Waals surface area contributed by atoms with Crippen LogP contribution in [0.5, 0.6) is 0 Å². The van der Waals surface area contributed by atoms with Crippen molar-refractivity contribution in [2.45, 2.75) is 6.42 Å². The van der Waals surface area contributed by atoms with E-state index in [1.807, 2.05) is 30.3 Å². The van der Waals surface area contributed by atoms with Gasteiger partial charge in [-0.3, -0.25) is 14.5 Å². The van der Waals surface area contributed by atoms with Crippen molar-refractivity contribution in [1.82, 2.24) is 9.88 Å². The number of para-hydroxylation sites is 1. The molecule has 1 aliphatic rings. The summed E-state index contributed by atoms with van der Waals surface area (Å²) in [5, 5.41) is 0.390. The molecule has 0 N–H and O–H groups in total. The minimum atomic E-state index is -0.497. The van der Waals surface area contributed by atoms with Crippen LogP contribution in [0.3, 0.4) is 0 Å². The zero-order chi connectivity index (χ0) is 20.7. The van der Waals surface area contributed by atoms with Crippen LogP contribution in [-0.2, 0) is 6.42 Å². The fourth-order valence-corrected chi connectivity index (χ4v) is 3.65. The number of imide groups is 1. The van der Waals surface area contributed by atoms with Gasteiger partial charge in [-0.15, -0.1) is 0 Å². The minimum absolute atomic E-state index is 0.115. The molecule has 1 aliphatic heterocycles. The predicted octanol–water partition coefficient (Wildman–Crippen LogP) is 3.69. The van der Waals surface area contributed by atoms with E-state index in [9.17, 15) is 14.4 Å². The summed E-state index contributed by atoms with van der Waals surface area (Å²) in [6, 6.07) is 21.4. The van der Waals surface area contributed by atoms with Crippen LogP contribution in [0.15, 0.2) is 82.0 Å². The summed E-state index contributed by atoms with van der Waals surface area (Å²) in [4.78, 5) is 43.5.